The molecule has 6 heteroatoms. The predicted molar refractivity (Wildman–Crippen MR) is 87.9 cm³/mol. The summed E-state index contributed by atoms with van der Waals surface area (Å²) in [7, 11) is 0. The van der Waals surface area contributed by atoms with E-state index in [1.54, 1.807) is 59.2 Å². The van der Waals surface area contributed by atoms with Crippen molar-refractivity contribution in [2.24, 2.45) is 0 Å². The van der Waals surface area contributed by atoms with E-state index < -0.39 is 5.97 Å². The van der Waals surface area contributed by atoms with Crippen LogP contribution in [0.5, 0.6) is 0 Å². The summed E-state index contributed by atoms with van der Waals surface area (Å²) in [5.41, 5.74) is 1.39. The van der Waals surface area contributed by atoms with E-state index in [4.69, 9.17) is 5.11 Å². The monoisotopic (exact) mass is 324 g/mol. The topological polar surface area (TPSA) is 37.3 Å². The molecular weight excluding hydrogens is 316 g/mol. The maximum absolute atomic E-state index is 10.8. The molecule has 3 rings (SSSR count). The van der Waals surface area contributed by atoms with E-state index in [0.717, 1.165) is 5.56 Å². The predicted octanol–water partition coefficient (Wildman–Crippen LogP) is 5.24. The largest absolute Gasteiger partial charge is 0.478 e. The Morgan fingerprint density at radius 2 is 1.63 bits per heavy atom. The molecule has 0 amide bonds. The van der Waals surface area contributed by atoms with Crippen molar-refractivity contribution in [2.75, 3.05) is 0 Å². The Bertz CT molecular complexity index is 604. The van der Waals surface area contributed by atoms with Crippen molar-refractivity contribution in [1.82, 2.24) is 0 Å². The van der Waals surface area contributed by atoms with Gasteiger partial charge in [0, 0.05) is 4.91 Å². The minimum Gasteiger partial charge on any atom is -0.478 e. The van der Waals surface area contributed by atoms with E-state index in [1.807, 2.05) is 12.1 Å². The molecule has 0 atom stereocenters. The van der Waals surface area contributed by atoms with Crippen molar-refractivity contribution in [2.45, 2.75) is 0 Å². The number of rotatable bonds is 2. The lowest BCUT2D eigenvalue weighted by Crippen LogP contribution is -1.95. The van der Waals surface area contributed by atoms with Crippen molar-refractivity contribution in [3.63, 3.8) is 0 Å². The lowest BCUT2D eigenvalue weighted by atomic mass is 10.1. The minimum atomic E-state index is -0.887. The summed E-state index contributed by atoms with van der Waals surface area (Å²) >= 11 is 6.99. The molecule has 0 bridgehead atoms. The Kier molecular flexibility index (Phi) is 4.02. The number of carboxylic acids is 1. The summed E-state index contributed by atoms with van der Waals surface area (Å²) in [6.45, 7) is 0. The summed E-state index contributed by atoms with van der Waals surface area (Å²) in [5.74, 6) is -0.887. The fraction of sp³-hybridized carbons (Fsp3) is 0. The molecule has 2 aliphatic rings. The lowest BCUT2D eigenvalue weighted by molar-refractivity contribution is 0.0697. The molecule has 0 aromatic heterocycles. The molecule has 0 aliphatic carbocycles. The van der Waals surface area contributed by atoms with E-state index in [2.05, 4.69) is 16.2 Å². The van der Waals surface area contributed by atoms with Gasteiger partial charge in [-0.25, -0.2) is 4.79 Å². The second kappa shape index (κ2) is 5.75. The highest BCUT2D eigenvalue weighted by Gasteiger charge is 2.19. The summed E-state index contributed by atoms with van der Waals surface area (Å²) < 4.78 is 2.63. The van der Waals surface area contributed by atoms with Crippen LogP contribution in [-0.2, 0) is 0 Å². The van der Waals surface area contributed by atoms with Gasteiger partial charge in [0.2, 0.25) is 0 Å². The second-order valence-electron chi connectivity index (χ2n) is 3.67. The Labute approximate surface area is 127 Å². The molecule has 0 spiro atoms. The molecule has 2 nitrogen and oxygen atoms in total. The van der Waals surface area contributed by atoms with E-state index in [9.17, 15) is 4.79 Å². The van der Waals surface area contributed by atoms with Gasteiger partial charge in [-0.15, -0.1) is 0 Å². The van der Waals surface area contributed by atoms with E-state index >= 15 is 0 Å². The number of carbonyl (C=O) groups is 1. The number of carboxylic acid groups (broad SMARTS) is 1. The second-order valence-corrected chi connectivity index (χ2v) is 7.95. The molecule has 19 heavy (non-hydrogen) atoms. The Morgan fingerprint density at radius 1 is 0.947 bits per heavy atom. The van der Waals surface area contributed by atoms with Crippen molar-refractivity contribution in [3.05, 3.63) is 60.1 Å². The first-order chi connectivity index (χ1) is 9.24. The first-order valence-electron chi connectivity index (χ1n) is 5.35. The van der Waals surface area contributed by atoms with Crippen LogP contribution >= 0.6 is 47.0 Å². The van der Waals surface area contributed by atoms with Gasteiger partial charge in [-0.05, 0) is 33.9 Å². The summed E-state index contributed by atoms with van der Waals surface area (Å²) in [6, 6.07) is 7.03. The Morgan fingerprint density at radius 3 is 2.26 bits per heavy atom. The molecule has 1 N–H and O–H groups in total. The van der Waals surface area contributed by atoms with E-state index in [-0.39, 0.29) is 0 Å². The van der Waals surface area contributed by atoms with Crippen LogP contribution in [0.1, 0.15) is 15.9 Å². The average molecular weight is 324 g/mol. The van der Waals surface area contributed by atoms with Gasteiger partial charge in [0.15, 0.2) is 0 Å². The van der Waals surface area contributed by atoms with Crippen LogP contribution in [0.3, 0.4) is 0 Å². The van der Waals surface area contributed by atoms with Gasteiger partial charge in [0.05, 0.1) is 14.0 Å². The Hall–Kier alpha value is -0.690. The van der Waals surface area contributed by atoms with E-state index in [0.29, 0.717) is 5.56 Å². The van der Waals surface area contributed by atoms with Crippen LogP contribution in [0.25, 0.3) is 4.91 Å². The Balaban J connectivity index is 1.77. The normalized spacial score (nSPS) is 18.0. The highest BCUT2D eigenvalue weighted by molar-refractivity contribution is 8.35. The van der Waals surface area contributed by atoms with Crippen LogP contribution in [0.15, 0.2) is 49.0 Å². The number of thioether (sulfide) groups is 4. The van der Waals surface area contributed by atoms with Gasteiger partial charge >= 0.3 is 5.97 Å². The lowest BCUT2D eigenvalue weighted by Gasteiger charge is -2.03. The van der Waals surface area contributed by atoms with E-state index in [1.165, 1.54) is 13.4 Å². The molecule has 0 fully saturated rings. The maximum atomic E-state index is 10.8. The van der Waals surface area contributed by atoms with Crippen LogP contribution < -0.4 is 0 Å². The minimum absolute atomic E-state index is 0.324. The van der Waals surface area contributed by atoms with Crippen molar-refractivity contribution in [1.29, 1.82) is 0 Å². The highest BCUT2D eigenvalue weighted by atomic mass is 32.2. The molecule has 0 saturated carbocycles. The van der Waals surface area contributed by atoms with Gasteiger partial charge in [-0.3, -0.25) is 0 Å². The zero-order valence-corrected chi connectivity index (χ0v) is 12.8. The fourth-order valence-electron chi connectivity index (χ4n) is 1.55. The molecule has 2 heterocycles. The number of benzene rings is 1. The maximum Gasteiger partial charge on any atom is 0.335 e. The van der Waals surface area contributed by atoms with Gasteiger partial charge in [-0.2, -0.15) is 0 Å². The summed E-state index contributed by atoms with van der Waals surface area (Å²) in [4.78, 5) is 12.0. The van der Waals surface area contributed by atoms with Crippen molar-refractivity contribution < 1.29 is 9.90 Å². The summed E-state index contributed by atoms with van der Waals surface area (Å²) in [6.07, 6.45) is 0. The quantitative estimate of drug-likeness (QED) is 0.801. The molecule has 1 aromatic rings. The van der Waals surface area contributed by atoms with Gasteiger partial charge in [-0.1, -0.05) is 59.2 Å². The van der Waals surface area contributed by atoms with Crippen LogP contribution in [0.4, 0.5) is 0 Å². The number of aromatic carboxylic acids is 1. The zero-order valence-electron chi connectivity index (χ0n) is 9.53. The van der Waals surface area contributed by atoms with Crippen molar-refractivity contribution >= 4 is 57.9 Å². The molecule has 0 unspecified atom stereocenters. The fourth-order valence-corrected chi connectivity index (χ4v) is 6.03. The van der Waals surface area contributed by atoms with Gasteiger partial charge < -0.3 is 5.11 Å². The van der Waals surface area contributed by atoms with Gasteiger partial charge in [0.25, 0.3) is 0 Å². The third kappa shape index (κ3) is 2.91. The smallest absolute Gasteiger partial charge is 0.335 e. The molecular formula is C13H8O2S4. The molecule has 2 aliphatic heterocycles. The molecule has 96 valence electrons. The molecule has 0 saturated heterocycles. The standard InChI is InChI=1S/C13H8O2S4/c14-11(15)9-3-1-8(2-4-9)10-7-18-13(19-10)12-16-5-6-17-12/h1-7H,(H,14,15). The van der Waals surface area contributed by atoms with Crippen molar-refractivity contribution in [3.8, 4) is 0 Å². The van der Waals surface area contributed by atoms with Crippen LogP contribution in [0.2, 0.25) is 0 Å². The first kappa shape index (κ1) is 13.3. The summed E-state index contributed by atoms with van der Waals surface area (Å²) in [5, 5.41) is 15.2. The highest BCUT2D eigenvalue weighted by Crippen LogP contribution is 2.55. The zero-order chi connectivity index (χ0) is 13.2. The molecule has 1 aromatic carbocycles. The molecule has 0 radical (unpaired) electrons. The third-order valence-corrected chi connectivity index (χ3v) is 7.53. The van der Waals surface area contributed by atoms with Gasteiger partial charge in [0.1, 0.15) is 0 Å². The third-order valence-electron chi connectivity index (χ3n) is 2.46. The first-order valence-corrected chi connectivity index (χ1v) is 8.80. The SMILES string of the molecule is O=C(O)c1ccc(C2=CSC(=C3SC=CS3)S2)cc1. The average Bonchev–Trinajstić information content (AvgIpc) is 3.10. The van der Waals surface area contributed by atoms with Crippen LogP contribution in [-0.4, -0.2) is 11.1 Å². The number of hydrogen-bond acceptors (Lipinski definition) is 5. The van der Waals surface area contributed by atoms with Crippen LogP contribution in [0, 0.1) is 0 Å². The number of hydrogen-bond donors (Lipinski definition) is 1.